The Labute approximate surface area is 156 Å². The van der Waals surface area contributed by atoms with E-state index in [1.54, 1.807) is 18.3 Å². The van der Waals surface area contributed by atoms with Crippen molar-refractivity contribution in [3.8, 4) is 11.6 Å². The average Bonchev–Trinajstić information content (AvgIpc) is 3.16. The Morgan fingerprint density at radius 1 is 1.04 bits per heavy atom. The molecule has 2 heterocycles. The van der Waals surface area contributed by atoms with Crippen molar-refractivity contribution in [3.05, 3.63) is 90.3 Å². The number of esters is 1. The Balaban J connectivity index is 1.60. The maximum atomic E-state index is 11.8. The van der Waals surface area contributed by atoms with Crippen LogP contribution in [0, 0.1) is 0 Å². The van der Waals surface area contributed by atoms with Gasteiger partial charge in [-0.05, 0) is 42.0 Å². The SMILES string of the molecule is COC(=O)c1ccnc(-n2ccc3cc(OCc4ccccc4)ccc32)c1. The van der Waals surface area contributed by atoms with Gasteiger partial charge in [-0.3, -0.25) is 0 Å². The molecule has 5 nitrogen and oxygen atoms in total. The van der Waals surface area contributed by atoms with Gasteiger partial charge in [0.15, 0.2) is 0 Å². The van der Waals surface area contributed by atoms with Gasteiger partial charge in [0.1, 0.15) is 18.2 Å². The fourth-order valence-electron chi connectivity index (χ4n) is 2.95. The van der Waals surface area contributed by atoms with Crippen LogP contribution in [0.4, 0.5) is 0 Å². The number of nitrogens with zero attached hydrogens (tertiary/aromatic N) is 2. The number of benzene rings is 2. The zero-order chi connectivity index (χ0) is 18.6. The number of fused-ring (bicyclic) bond motifs is 1. The van der Waals surface area contributed by atoms with E-state index in [9.17, 15) is 4.79 Å². The lowest BCUT2D eigenvalue weighted by Gasteiger charge is -2.08. The van der Waals surface area contributed by atoms with Crippen LogP contribution in [0.15, 0.2) is 79.1 Å². The Morgan fingerprint density at radius 2 is 1.89 bits per heavy atom. The van der Waals surface area contributed by atoms with Crippen molar-refractivity contribution in [2.75, 3.05) is 7.11 Å². The zero-order valence-electron chi connectivity index (χ0n) is 14.8. The molecule has 0 bridgehead atoms. The smallest absolute Gasteiger partial charge is 0.338 e. The van der Waals surface area contributed by atoms with E-state index in [-0.39, 0.29) is 5.97 Å². The van der Waals surface area contributed by atoms with Crippen molar-refractivity contribution in [1.29, 1.82) is 0 Å². The van der Waals surface area contributed by atoms with Gasteiger partial charge >= 0.3 is 5.97 Å². The summed E-state index contributed by atoms with van der Waals surface area (Å²) < 4.78 is 12.6. The summed E-state index contributed by atoms with van der Waals surface area (Å²) in [6, 6.07) is 21.3. The van der Waals surface area contributed by atoms with Gasteiger partial charge in [-0.2, -0.15) is 0 Å². The number of carbonyl (C=O) groups is 1. The topological polar surface area (TPSA) is 53.3 Å². The van der Waals surface area contributed by atoms with Crippen molar-refractivity contribution in [3.63, 3.8) is 0 Å². The monoisotopic (exact) mass is 358 g/mol. The summed E-state index contributed by atoms with van der Waals surface area (Å²) in [6.07, 6.45) is 3.53. The number of hydrogen-bond donors (Lipinski definition) is 0. The minimum atomic E-state index is -0.383. The second-order valence-corrected chi connectivity index (χ2v) is 6.07. The molecule has 0 fully saturated rings. The molecule has 0 saturated heterocycles. The summed E-state index contributed by atoms with van der Waals surface area (Å²) >= 11 is 0. The van der Waals surface area contributed by atoms with Gasteiger partial charge in [0.25, 0.3) is 0 Å². The maximum absolute atomic E-state index is 11.8. The summed E-state index contributed by atoms with van der Waals surface area (Å²) in [7, 11) is 1.37. The number of aromatic nitrogens is 2. The number of hydrogen-bond acceptors (Lipinski definition) is 4. The molecule has 0 spiro atoms. The number of ether oxygens (including phenoxy) is 2. The van der Waals surface area contributed by atoms with Crippen LogP contribution in [0.3, 0.4) is 0 Å². The molecule has 134 valence electrons. The molecule has 2 aromatic carbocycles. The molecule has 0 aliphatic carbocycles. The normalized spacial score (nSPS) is 10.7. The first-order chi connectivity index (χ1) is 13.2. The van der Waals surface area contributed by atoms with Gasteiger partial charge in [-0.15, -0.1) is 0 Å². The Kier molecular flexibility index (Phi) is 4.58. The molecule has 0 unspecified atom stereocenters. The highest BCUT2D eigenvalue weighted by Gasteiger charge is 2.10. The highest BCUT2D eigenvalue weighted by molar-refractivity contribution is 5.90. The molecular formula is C22H18N2O3. The molecular weight excluding hydrogens is 340 g/mol. The van der Waals surface area contributed by atoms with Gasteiger partial charge in [0.2, 0.25) is 0 Å². The lowest BCUT2D eigenvalue weighted by molar-refractivity contribution is 0.0600. The van der Waals surface area contributed by atoms with Gasteiger partial charge in [0, 0.05) is 17.8 Å². The van der Waals surface area contributed by atoms with Crippen molar-refractivity contribution < 1.29 is 14.3 Å². The van der Waals surface area contributed by atoms with E-state index in [0.29, 0.717) is 18.0 Å². The first-order valence-electron chi connectivity index (χ1n) is 8.57. The van der Waals surface area contributed by atoms with Crippen LogP contribution in [0.1, 0.15) is 15.9 Å². The third-order valence-corrected chi connectivity index (χ3v) is 4.32. The first kappa shape index (κ1) is 16.8. The molecule has 2 aromatic heterocycles. The molecule has 4 aromatic rings. The van der Waals surface area contributed by atoms with Crippen LogP contribution in [-0.4, -0.2) is 22.6 Å². The van der Waals surface area contributed by atoms with Crippen molar-refractivity contribution in [1.82, 2.24) is 9.55 Å². The van der Waals surface area contributed by atoms with Crippen LogP contribution >= 0.6 is 0 Å². The minimum Gasteiger partial charge on any atom is -0.489 e. The van der Waals surface area contributed by atoms with Gasteiger partial charge in [0.05, 0.1) is 18.2 Å². The predicted molar refractivity (Wildman–Crippen MR) is 103 cm³/mol. The maximum Gasteiger partial charge on any atom is 0.338 e. The molecule has 5 heteroatoms. The third kappa shape index (κ3) is 3.53. The summed E-state index contributed by atoms with van der Waals surface area (Å²) in [5.41, 5.74) is 2.57. The molecule has 0 N–H and O–H groups in total. The van der Waals surface area contributed by atoms with Crippen molar-refractivity contribution in [2.24, 2.45) is 0 Å². The number of methoxy groups -OCH3 is 1. The lowest BCUT2D eigenvalue weighted by Crippen LogP contribution is -2.04. The van der Waals surface area contributed by atoms with E-state index in [4.69, 9.17) is 9.47 Å². The largest absolute Gasteiger partial charge is 0.489 e. The number of pyridine rings is 1. The van der Waals surface area contributed by atoms with E-state index in [1.165, 1.54) is 7.11 Å². The first-order valence-corrected chi connectivity index (χ1v) is 8.57. The average molecular weight is 358 g/mol. The van der Waals surface area contributed by atoms with Crippen LogP contribution in [0.5, 0.6) is 5.75 Å². The molecule has 27 heavy (non-hydrogen) atoms. The number of rotatable bonds is 5. The van der Waals surface area contributed by atoms with E-state index in [0.717, 1.165) is 22.2 Å². The summed E-state index contributed by atoms with van der Waals surface area (Å²) in [4.78, 5) is 16.1. The van der Waals surface area contributed by atoms with Crippen LogP contribution in [0.25, 0.3) is 16.7 Å². The quantitative estimate of drug-likeness (QED) is 0.497. The molecule has 0 aliphatic rings. The second-order valence-electron chi connectivity index (χ2n) is 6.07. The molecule has 0 saturated carbocycles. The highest BCUT2D eigenvalue weighted by Crippen LogP contribution is 2.25. The van der Waals surface area contributed by atoms with Gasteiger partial charge < -0.3 is 14.0 Å². The van der Waals surface area contributed by atoms with E-state index >= 15 is 0 Å². The molecule has 0 radical (unpaired) electrons. The molecule has 0 atom stereocenters. The van der Waals surface area contributed by atoms with Crippen molar-refractivity contribution in [2.45, 2.75) is 6.61 Å². The second kappa shape index (κ2) is 7.33. The van der Waals surface area contributed by atoms with Crippen LogP contribution in [-0.2, 0) is 11.3 Å². The van der Waals surface area contributed by atoms with E-state index in [1.807, 2.05) is 65.4 Å². The van der Waals surface area contributed by atoms with E-state index < -0.39 is 0 Å². The van der Waals surface area contributed by atoms with Gasteiger partial charge in [-0.1, -0.05) is 30.3 Å². The fraction of sp³-hybridized carbons (Fsp3) is 0.0909. The zero-order valence-corrected chi connectivity index (χ0v) is 14.8. The predicted octanol–water partition coefficient (Wildman–Crippen LogP) is 4.39. The van der Waals surface area contributed by atoms with E-state index in [2.05, 4.69) is 4.98 Å². The minimum absolute atomic E-state index is 0.383. The molecule has 0 amide bonds. The summed E-state index contributed by atoms with van der Waals surface area (Å²) in [6.45, 7) is 0.524. The fourth-order valence-corrected chi connectivity index (χ4v) is 2.95. The summed E-state index contributed by atoms with van der Waals surface area (Å²) in [5.74, 6) is 1.08. The Hall–Kier alpha value is -3.60. The number of carbonyl (C=O) groups excluding carboxylic acids is 1. The molecule has 4 rings (SSSR count). The van der Waals surface area contributed by atoms with Gasteiger partial charge in [-0.25, -0.2) is 9.78 Å². The molecule has 0 aliphatic heterocycles. The Bertz CT molecular complexity index is 1090. The lowest BCUT2D eigenvalue weighted by atomic mass is 10.2. The van der Waals surface area contributed by atoms with Crippen molar-refractivity contribution >= 4 is 16.9 Å². The highest BCUT2D eigenvalue weighted by atomic mass is 16.5. The standard InChI is InChI=1S/C22H18N2O3/c1-26-22(25)18-9-11-23-21(14-18)24-12-10-17-13-19(7-8-20(17)24)27-15-16-5-3-2-4-6-16/h2-14H,15H2,1H3. The summed E-state index contributed by atoms with van der Waals surface area (Å²) in [5, 5.41) is 1.03. The van der Waals surface area contributed by atoms with Crippen LogP contribution in [0.2, 0.25) is 0 Å². The van der Waals surface area contributed by atoms with Crippen LogP contribution < -0.4 is 4.74 Å². The Morgan fingerprint density at radius 3 is 2.70 bits per heavy atom. The third-order valence-electron chi connectivity index (χ3n) is 4.32.